The van der Waals surface area contributed by atoms with E-state index in [2.05, 4.69) is 22.1 Å². The summed E-state index contributed by atoms with van der Waals surface area (Å²) in [6, 6.07) is 10.3. The Kier molecular flexibility index (Phi) is 4.36. The number of hydrogen-bond acceptors (Lipinski definition) is 3. The van der Waals surface area contributed by atoms with Crippen LogP contribution in [0.15, 0.2) is 42.7 Å². The minimum atomic E-state index is 0.685. The Morgan fingerprint density at radius 2 is 2.00 bits per heavy atom. The van der Waals surface area contributed by atoms with Crippen molar-refractivity contribution in [2.45, 2.75) is 6.54 Å². The number of likely N-dealkylation sites (N-methyl/N-ethyl adjacent to an activating group) is 1. The second-order valence-electron chi connectivity index (χ2n) is 4.51. The molecule has 0 aliphatic rings. The lowest BCUT2D eigenvalue weighted by Gasteiger charge is -2.09. The van der Waals surface area contributed by atoms with Crippen molar-refractivity contribution in [3.05, 3.63) is 48.3 Å². The van der Waals surface area contributed by atoms with Crippen molar-refractivity contribution in [1.29, 1.82) is 0 Å². The van der Waals surface area contributed by atoms with E-state index in [0.29, 0.717) is 6.61 Å². The molecule has 1 heterocycles. The summed E-state index contributed by atoms with van der Waals surface area (Å²) in [4.78, 5) is 2.09. The smallest absolute Gasteiger partial charge is 0.157 e. The van der Waals surface area contributed by atoms with Crippen LogP contribution in [0.5, 0.6) is 5.75 Å². The van der Waals surface area contributed by atoms with Crippen LogP contribution in [0.3, 0.4) is 0 Å². The van der Waals surface area contributed by atoms with Crippen LogP contribution in [-0.4, -0.2) is 41.9 Å². The van der Waals surface area contributed by atoms with E-state index in [1.54, 1.807) is 6.20 Å². The molecule has 0 saturated heterocycles. The Labute approximate surface area is 108 Å². The zero-order valence-electron chi connectivity index (χ0n) is 10.9. The van der Waals surface area contributed by atoms with Crippen LogP contribution in [0.2, 0.25) is 0 Å². The van der Waals surface area contributed by atoms with Crippen molar-refractivity contribution in [2.75, 3.05) is 27.2 Å². The molecule has 0 N–H and O–H groups in total. The van der Waals surface area contributed by atoms with Crippen molar-refractivity contribution >= 4 is 0 Å². The molecule has 0 unspecified atom stereocenters. The number of hydrogen-bond donors (Lipinski definition) is 0. The summed E-state index contributed by atoms with van der Waals surface area (Å²) in [5.41, 5.74) is 1.24. The third-order valence-electron chi connectivity index (χ3n) is 2.60. The molecule has 1 aromatic heterocycles. The molecule has 0 radical (unpaired) electrons. The van der Waals surface area contributed by atoms with Gasteiger partial charge in [0.05, 0.1) is 18.9 Å². The zero-order valence-corrected chi connectivity index (χ0v) is 10.9. The van der Waals surface area contributed by atoms with E-state index in [1.807, 2.05) is 43.2 Å². The van der Waals surface area contributed by atoms with Crippen LogP contribution in [0.25, 0.3) is 0 Å². The fourth-order valence-corrected chi connectivity index (χ4v) is 1.62. The van der Waals surface area contributed by atoms with Crippen LogP contribution in [0.1, 0.15) is 5.56 Å². The molecule has 96 valence electrons. The number of aromatic nitrogens is 2. The van der Waals surface area contributed by atoms with Gasteiger partial charge in [-0.05, 0) is 19.7 Å². The zero-order chi connectivity index (χ0) is 12.8. The quantitative estimate of drug-likeness (QED) is 0.778. The lowest BCUT2D eigenvalue weighted by molar-refractivity contribution is 0.261. The first-order chi connectivity index (χ1) is 8.74. The second kappa shape index (κ2) is 6.21. The normalized spacial score (nSPS) is 10.8. The van der Waals surface area contributed by atoms with E-state index in [-0.39, 0.29) is 0 Å². The van der Waals surface area contributed by atoms with Crippen molar-refractivity contribution in [3.63, 3.8) is 0 Å². The predicted octanol–water partition coefficient (Wildman–Crippen LogP) is 1.87. The molecule has 0 saturated carbocycles. The van der Waals surface area contributed by atoms with Crippen LogP contribution < -0.4 is 4.74 Å². The minimum Gasteiger partial charge on any atom is -0.489 e. The average Bonchev–Trinajstić information content (AvgIpc) is 2.78. The highest BCUT2D eigenvalue weighted by Gasteiger charge is 2.00. The maximum atomic E-state index is 5.61. The molecular weight excluding hydrogens is 226 g/mol. The first-order valence-electron chi connectivity index (χ1n) is 6.08. The summed E-state index contributed by atoms with van der Waals surface area (Å²) in [7, 11) is 4.06. The highest BCUT2D eigenvalue weighted by Crippen LogP contribution is 2.10. The molecule has 0 atom stereocenters. The van der Waals surface area contributed by atoms with Gasteiger partial charge in [-0.1, -0.05) is 30.3 Å². The van der Waals surface area contributed by atoms with Gasteiger partial charge in [0.15, 0.2) is 5.75 Å². The van der Waals surface area contributed by atoms with Crippen LogP contribution in [-0.2, 0) is 6.54 Å². The maximum absolute atomic E-state index is 5.61. The largest absolute Gasteiger partial charge is 0.489 e. The van der Waals surface area contributed by atoms with Gasteiger partial charge in [-0.3, -0.25) is 4.68 Å². The standard InChI is InChI=1S/C14H19N3O/c1-16(2)8-9-18-14-10-15-17(12-14)11-13-6-4-3-5-7-13/h3-7,10,12H,8-9,11H2,1-2H3. The van der Waals surface area contributed by atoms with E-state index in [1.165, 1.54) is 5.56 Å². The minimum absolute atomic E-state index is 0.685. The van der Waals surface area contributed by atoms with Gasteiger partial charge in [0.2, 0.25) is 0 Å². The maximum Gasteiger partial charge on any atom is 0.157 e. The highest BCUT2D eigenvalue weighted by atomic mass is 16.5. The van der Waals surface area contributed by atoms with Gasteiger partial charge in [-0.2, -0.15) is 5.10 Å². The third kappa shape index (κ3) is 3.89. The lowest BCUT2D eigenvalue weighted by Crippen LogP contribution is -2.19. The average molecular weight is 245 g/mol. The molecule has 4 nitrogen and oxygen atoms in total. The number of benzene rings is 1. The van der Waals surface area contributed by atoms with Gasteiger partial charge < -0.3 is 9.64 Å². The fourth-order valence-electron chi connectivity index (χ4n) is 1.62. The van der Waals surface area contributed by atoms with Gasteiger partial charge >= 0.3 is 0 Å². The Morgan fingerprint density at radius 1 is 1.22 bits per heavy atom. The summed E-state index contributed by atoms with van der Waals surface area (Å²) in [6.07, 6.45) is 3.70. The Hall–Kier alpha value is -1.81. The van der Waals surface area contributed by atoms with Gasteiger partial charge in [0, 0.05) is 6.54 Å². The molecule has 2 rings (SSSR count). The molecule has 0 spiro atoms. The van der Waals surface area contributed by atoms with Crippen LogP contribution in [0.4, 0.5) is 0 Å². The predicted molar refractivity (Wildman–Crippen MR) is 71.8 cm³/mol. The number of nitrogens with zero attached hydrogens (tertiary/aromatic N) is 3. The van der Waals surface area contributed by atoms with Crippen molar-refractivity contribution in [2.24, 2.45) is 0 Å². The van der Waals surface area contributed by atoms with E-state index >= 15 is 0 Å². The first-order valence-corrected chi connectivity index (χ1v) is 6.08. The van der Waals surface area contributed by atoms with Gasteiger partial charge in [0.1, 0.15) is 6.61 Å². The SMILES string of the molecule is CN(C)CCOc1cnn(Cc2ccccc2)c1. The van der Waals surface area contributed by atoms with E-state index in [0.717, 1.165) is 18.8 Å². The van der Waals surface area contributed by atoms with E-state index < -0.39 is 0 Å². The Morgan fingerprint density at radius 3 is 2.72 bits per heavy atom. The first kappa shape index (κ1) is 12.6. The summed E-state index contributed by atoms with van der Waals surface area (Å²) in [6.45, 7) is 2.37. The van der Waals surface area contributed by atoms with Crippen molar-refractivity contribution in [3.8, 4) is 5.75 Å². The molecule has 0 fully saturated rings. The summed E-state index contributed by atoms with van der Waals surface area (Å²) in [5, 5.41) is 4.29. The molecule has 18 heavy (non-hydrogen) atoms. The number of rotatable bonds is 6. The van der Waals surface area contributed by atoms with E-state index in [9.17, 15) is 0 Å². The summed E-state index contributed by atoms with van der Waals surface area (Å²) < 4.78 is 7.50. The summed E-state index contributed by atoms with van der Waals surface area (Å²) in [5.74, 6) is 0.827. The molecule has 4 heteroatoms. The molecular formula is C14H19N3O. The fraction of sp³-hybridized carbons (Fsp3) is 0.357. The molecule has 1 aromatic carbocycles. The van der Waals surface area contributed by atoms with Crippen LogP contribution >= 0.6 is 0 Å². The molecule has 0 aliphatic heterocycles. The molecule has 2 aromatic rings. The summed E-state index contributed by atoms with van der Waals surface area (Å²) >= 11 is 0. The topological polar surface area (TPSA) is 30.3 Å². The van der Waals surface area contributed by atoms with Crippen molar-refractivity contribution < 1.29 is 4.74 Å². The molecule has 0 amide bonds. The Balaban J connectivity index is 1.86. The third-order valence-corrected chi connectivity index (χ3v) is 2.60. The Bertz CT molecular complexity index is 465. The molecule has 0 aliphatic carbocycles. The number of ether oxygens (including phenoxy) is 1. The second-order valence-corrected chi connectivity index (χ2v) is 4.51. The van der Waals surface area contributed by atoms with Crippen molar-refractivity contribution in [1.82, 2.24) is 14.7 Å². The van der Waals surface area contributed by atoms with Gasteiger partial charge in [0.25, 0.3) is 0 Å². The van der Waals surface area contributed by atoms with Gasteiger partial charge in [-0.25, -0.2) is 0 Å². The molecule has 0 bridgehead atoms. The monoisotopic (exact) mass is 245 g/mol. The van der Waals surface area contributed by atoms with Gasteiger partial charge in [-0.15, -0.1) is 0 Å². The van der Waals surface area contributed by atoms with E-state index in [4.69, 9.17) is 4.74 Å². The van der Waals surface area contributed by atoms with Crippen LogP contribution in [0, 0.1) is 0 Å². The lowest BCUT2D eigenvalue weighted by atomic mass is 10.2. The highest BCUT2D eigenvalue weighted by molar-refractivity contribution is 5.17.